The second kappa shape index (κ2) is 6.22. The van der Waals surface area contributed by atoms with Crippen LogP contribution >= 0.6 is 0 Å². The summed E-state index contributed by atoms with van der Waals surface area (Å²) in [4.78, 5) is 9.52. The minimum atomic E-state index is 0.651. The van der Waals surface area contributed by atoms with E-state index in [4.69, 9.17) is 9.97 Å². The van der Waals surface area contributed by atoms with E-state index in [1.165, 1.54) is 0 Å². The summed E-state index contributed by atoms with van der Waals surface area (Å²) in [5.74, 6) is 2.11. The first-order chi connectivity index (χ1) is 12.5. The van der Waals surface area contributed by atoms with E-state index in [1.54, 1.807) is 0 Å². The van der Waals surface area contributed by atoms with Crippen molar-refractivity contribution in [1.82, 2.24) is 29.5 Å². The molecule has 0 unspecified atom stereocenters. The fraction of sp³-hybridized carbons (Fsp3) is 0.200. The molecule has 3 heterocycles. The number of aromatic nitrogens is 6. The van der Waals surface area contributed by atoms with E-state index >= 15 is 0 Å². The van der Waals surface area contributed by atoms with Gasteiger partial charge in [0.1, 0.15) is 0 Å². The smallest absolute Gasteiger partial charge is 0.164 e. The maximum atomic E-state index is 4.76. The average Bonchev–Trinajstić information content (AvgIpc) is 3.15. The molecule has 0 aliphatic carbocycles. The summed E-state index contributed by atoms with van der Waals surface area (Å²) in [6.07, 6.45) is 0. The van der Waals surface area contributed by atoms with E-state index in [-0.39, 0.29) is 0 Å². The minimum absolute atomic E-state index is 0.651. The molecular formula is C20H20N6. The molecule has 0 aliphatic heterocycles. The highest BCUT2D eigenvalue weighted by Crippen LogP contribution is 2.21. The Bertz CT molecular complexity index is 1010. The fourth-order valence-electron chi connectivity index (χ4n) is 3.08. The van der Waals surface area contributed by atoms with Crippen molar-refractivity contribution in [3.63, 3.8) is 0 Å². The van der Waals surface area contributed by atoms with E-state index < -0.39 is 0 Å². The van der Waals surface area contributed by atoms with E-state index in [0.717, 1.165) is 40.0 Å². The van der Waals surface area contributed by atoms with Crippen molar-refractivity contribution in [3.05, 3.63) is 71.3 Å². The first-order valence-electron chi connectivity index (χ1n) is 8.53. The normalized spacial score (nSPS) is 11.1. The lowest BCUT2D eigenvalue weighted by atomic mass is 10.2. The Kier molecular flexibility index (Phi) is 3.88. The second-order valence-corrected chi connectivity index (χ2v) is 6.45. The topological polar surface area (TPSA) is 61.4 Å². The summed E-state index contributed by atoms with van der Waals surface area (Å²) in [6.45, 7) is 8.00. The molecule has 0 aliphatic rings. The number of rotatable bonds is 3. The number of nitrogens with zero attached hydrogens (tertiary/aromatic N) is 6. The summed E-state index contributed by atoms with van der Waals surface area (Å²) in [5, 5.41) is 9.15. The molecule has 3 aromatic heterocycles. The first-order valence-corrected chi connectivity index (χ1v) is 8.53. The van der Waals surface area contributed by atoms with Crippen LogP contribution in [0.25, 0.3) is 23.0 Å². The van der Waals surface area contributed by atoms with Crippen LogP contribution in [0.4, 0.5) is 0 Å². The quantitative estimate of drug-likeness (QED) is 0.568. The molecule has 1 aromatic carbocycles. The Morgan fingerprint density at radius 1 is 0.654 bits per heavy atom. The van der Waals surface area contributed by atoms with E-state index in [2.05, 4.69) is 10.2 Å². The van der Waals surface area contributed by atoms with Gasteiger partial charge >= 0.3 is 0 Å². The van der Waals surface area contributed by atoms with Gasteiger partial charge in [-0.15, -0.1) is 0 Å². The number of hydrogen-bond donors (Lipinski definition) is 0. The Labute approximate surface area is 152 Å². The highest BCUT2D eigenvalue weighted by molar-refractivity contribution is 5.57. The van der Waals surface area contributed by atoms with Gasteiger partial charge in [-0.2, -0.15) is 10.2 Å². The molecule has 0 spiro atoms. The van der Waals surface area contributed by atoms with Gasteiger partial charge in [0, 0.05) is 23.0 Å². The molecule has 0 N–H and O–H groups in total. The molecule has 6 heteroatoms. The molecule has 0 saturated heterocycles. The van der Waals surface area contributed by atoms with Crippen molar-refractivity contribution in [2.45, 2.75) is 27.7 Å². The molecule has 0 amide bonds. The molecule has 0 fully saturated rings. The summed E-state index contributed by atoms with van der Waals surface area (Å²) in [6, 6.07) is 16.0. The molecule has 26 heavy (non-hydrogen) atoms. The van der Waals surface area contributed by atoms with Crippen molar-refractivity contribution in [2.75, 3.05) is 0 Å². The molecule has 0 saturated carbocycles. The monoisotopic (exact) mass is 344 g/mol. The zero-order valence-electron chi connectivity index (χ0n) is 15.3. The third-order valence-electron chi connectivity index (χ3n) is 4.18. The van der Waals surface area contributed by atoms with Gasteiger partial charge in [0.05, 0.1) is 11.4 Å². The third-order valence-corrected chi connectivity index (χ3v) is 4.18. The lowest BCUT2D eigenvalue weighted by Crippen LogP contribution is -2.09. The van der Waals surface area contributed by atoms with Gasteiger partial charge in [0.15, 0.2) is 17.5 Å². The Morgan fingerprint density at radius 2 is 1.15 bits per heavy atom. The van der Waals surface area contributed by atoms with Crippen LogP contribution in [0.5, 0.6) is 0 Å². The van der Waals surface area contributed by atoms with Crippen molar-refractivity contribution in [3.8, 4) is 23.0 Å². The van der Waals surface area contributed by atoms with Crippen LogP contribution in [0, 0.1) is 27.7 Å². The van der Waals surface area contributed by atoms with E-state index in [0.29, 0.717) is 5.82 Å². The second-order valence-electron chi connectivity index (χ2n) is 6.45. The summed E-state index contributed by atoms with van der Waals surface area (Å²) in [5.41, 5.74) is 4.92. The zero-order chi connectivity index (χ0) is 18.3. The standard InChI is InChI=1S/C20H20N6/c1-13-10-15(3)25(23-13)18-12-19(26-16(4)11-14(2)24-26)22-20(21-18)17-8-6-5-7-9-17/h5-12H,1-4H3. The lowest BCUT2D eigenvalue weighted by Gasteiger charge is -2.11. The molecule has 0 bridgehead atoms. The Balaban J connectivity index is 1.96. The van der Waals surface area contributed by atoms with Gasteiger partial charge < -0.3 is 0 Å². The fourth-order valence-corrected chi connectivity index (χ4v) is 3.08. The van der Waals surface area contributed by atoms with Gasteiger partial charge in [-0.05, 0) is 39.8 Å². The van der Waals surface area contributed by atoms with Crippen LogP contribution in [-0.4, -0.2) is 29.5 Å². The largest absolute Gasteiger partial charge is 0.219 e. The number of benzene rings is 1. The third kappa shape index (κ3) is 2.90. The SMILES string of the molecule is Cc1cc(C)n(-c2cc(-n3nc(C)cc3C)nc(-c3ccccc3)n2)n1. The molecule has 0 radical (unpaired) electrons. The molecule has 0 atom stereocenters. The summed E-state index contributed by atoms with van der Waals surface area (Å²) in [7, 11) is 0. The number of aryl methyl sites for hydroxylation is 4. The molecular weight excluding hydrogens is 324 g/mol. The van der Waals surface area contributed by atoms with Gasteiger partial charge in [0.25, 0.3) is 0 Å². The first kappa shape index (κ1) is 16.2. The Morgan fingerprint density at radius 3 is 1.58 bits per heavy atom. The predicted octanol–water partition coefficient (Wildman–Crippen LogP) is 3.75. The average molecular weight is 344 g/mol. The summed E-state index contributed by atoms with van der Waals surface area (Å²) < 4.78 is 3.69. The molecule has 4 aromatic rings. The van der Waals surface area contributed by atoms with Crippen LogP contribution in [0.3, 0.4) is 0 Å². The van der Waals surface area contributed by atoms with Crippen molar-refractivity contribution >= 4 is 0 Å². The van der Waals surface area contributed by atoms with Gasteiger partial charge in [-0.25, -0.2) is 19.3 Å². The van der Waals surface area contributed by atoms with Crippen molar-refractivity contribution < 1.29 is 0 Å². The highest BCUT2D eigenvalue weighted by Gasteiger charge is 2.14. The van der Waals surface area contributed by atoms with Crippen molar-refractivity contribution in [1.29, 1.82) is 0 Å². The lowest BCUT2D eigenvalue weighted by molar-refractivity contribution is 0.771. The van der Waals surface area contributed by atoms with Crippen LogP contribution in [0.1, 0.15) is 22.8 Å². The van der Waals surface area contributed by atoms with Crippen LogP contribution in [0.15, 0.2) is 48.5 Å². The maximum Gasteiger partial charge on any atom is 0.164 e. The molecule has 6 nitrogen and oxygen atoms in total. The zero-order valence-corrected chi connectivity index (χ0v) is 15.3. The maximum absolute atomic E-state index is 4.76. The van der Waals surface area contributed by atoms with Crippen LogP contribution in [0.2, 0.25) is 0 Å². The molecule has 130 valence electrons. The van der Waals surface area contributed by atoms with Crippen molar-refractivity contribution in [2.24, 2.45) is 0 Å². The predicted molar refractivity (Wildman–Crippen MR) is 101 cm³/mol. The Hall–Kier alpha value is -3.28. The minimum Gasteiger partial charge on any atom is -0.219 e. The molecule has 4 rings (SSSR count). The highest BCUT2D eigenvalue weighted by atomic mass is 15.3. The van der Waals surface area contributed by atoms with E-state index in [1.807, 2.05) is 85.6 Å². The summed E-state index contributed by atoms with van der Waals surface area (Å²) >= 11 is 0. The van der Waals surface area contributed by atoms with Crippen LogP contribution in [-0.2, 0) is 0 Å². The van der Waals surface area contributed by atoms with Gasteiger partial charge in [-0.1, -0.05) is 30.3 Å². The van der Waals surface area contributed by atoms with E-state index in [9.17, 15) is 0 Å². The van der Waals surface area contributed by atoms with Gasteiger partial charge in [0.2, 0.25) is 0 Å². The van der Waals surface area contributed by atoms with Gasteiger partial charge in [-0.3, -0.25) is 0 Å². The number of hydrogen-bond acceptors (Lipinski definition) is 4. The van der Waals surface area contributed by atoms with Crippen LogP contribution < -0.4 is 0 Å².